The van der Waals surface area contributed by atoms with Gasteiger partial charge in [-0.3, -0.25) is 4.79 Å². The van der Waals surface area contributed by atoms with Gasteiger partial charge in [0.05, 0.1) is 5.56 Å². The zero-order valence-corrected chi connectivity index (χ0v) is 13.0. The lowest BCUT2D eigenvalue weighted by atomic mass is 10.1. The Bertz CT molecular complexity index is 933. The van der Waals surface area contributed by atoms with Gasteiger partial charge in [0.1, 0.15) is 0 Å². The second-order valence-electron chi connectivity index (χ2n) is 5.34. The standard InChI is InChI=1S/C17H13ClN2O3/c1-9-16(12-6-10(18)2-4-13(12)19-9)17(21)20-11-3-5-14-15(7-11)23-8-22-14/h2-7,19H,8H2,1H3,(H,20,21). The Morgan fingerprint density at radius 1 is 1.17 bits per heavy atom. The number of aryl methyl sites for hydroxylation is 1. The first kappa shape index (κ1) is 14.0. The molecule has 1 aromatic heterocycles. The molecular formula is C17H13ClN2O3. The summed E-state index contributed by atoms with van der Waals surface area (Å²) in [6, 6.07) is 10.7. The van der Waals surface area contributed by atoms with Crippen LogP contribution in [-0.4, -0.2) is 17.7 Å². The lowest BCUT2D eigenvalue weighted by Gasteiger charge is -2.06. The van der Waals surface area contributed by atoms with Gasteiger partial charge in [-0.2, -0.15) is 0 Å². The van der Waals surface area contributed by atoms with Crippen molar-refractivity contribution in [2.75, 3.05) is 12.1 Å². The Kier molecular flexibility index (Phi) is 3.16. The van der Waals surface area contributed by atoms with Gasteiger partial charge >= 0.3 is 0 Å². The maximum atomic E-state index is 12.7. The summed E-state index contributed by atoms with van der Waals surface area (Å²) in [5.74, 6) is 1.11. The van der Waals surface area contributed by atoms with Crippen LogP contribution in [0.3, 0.4) is 0 Å². The second kappa shape index (κ2) is 5.21. The van der Waals surface area contributed by atoms with Crippen molar-refractivity contribution < 1.29 is 14.3 Å². The van der Waals surface area contributed by atoms with E-state index in [-0.39, 0.29) is 12.7 Å². The van der Waals surface area contributed by atoms with Crippen LogP contribution in [0.15, 0.2) is 36.4 Å². The van der Waals surface area contributed by atoms with Crippen molar-refractivity contribution in [3.05, 3.63) is 52.7 Å². The van der Waals surface area contributed by atoms with Gasteiger partial charge in [0.15, 0.2) is 11.5 Å². The topological polar surface area (TPSA) is 63.4 Å². The van der Waals surface area contributed by atoms with Gasteiger partial charge in [-0.05, 0) is 37.3 Å². The number of halogens is 1. The molecule has 5 nitrogen and oxygen atoms in total. The fourth-order valence-corrected chi connectivity index (χ4v) is 2.93. The second-order valence-corrected chi connectivity index (χ2v) is 5.77. The van der Waals surface area contributed by atoms with Gasteiger partial charge in [-0.15, -0.1) is 0 Å². The lowest BCUT2D eigenvalue weighted by molar-refractivity contribution is 0.102. The van der Waals surface area contributed by atoms with Crippen molar-refractivity contribution >= 4 is 34.1 Å². The molecule has 0 bridgehead atoms. The fourth-order valence-electron chi connectivity index (χ4n) is 2.76. The average molecular weight is 329 g/mol. The lowest BCUT2D eigenvalue weighted by Crippen LogP contribution is -2.12. The molecule has 23 heavy (non-hydrogen) atoms. The first-order valence-electron chi connectivity index (χ1n) is 7.10. The smallest absolute Gasteiger partial charge is 0.258 e. The number of aromatic nitrogens is 1. The van der Waals surface area contributed by atoms with Crippen molar-refractivity contribution in [1.82, 2.24) is 4.98 Å². The van der Waals surface area contributed by atoms with Crippen LogP contribution in [0, 0.1) is 6.92 Å². The summed E-state index contributed by atoms with van der Waals surface area (Å²) in [6.07, 6.45) is 0. The molecule has 4 rings (SSSR count). The quantitative estimate of drug-likeness (QED) is 0.744. The third-order valence-corrected chi connectivity index (χ3v) is 4.04. The van der Waals surface area contributed by atoms with E-state index in [0.29, 0.717) is 27.8 Å². The highest BCUT2D eigenvalue weighted by atomic mass is 35.5. The summed E-state index contributed by atoms with van der Waals surface area (Å²) in [5.41, 5.74) is 2.90. The molecule has 3 aromatic rings. The minimum Gasteiger partial charge on any atom is -0.454 e. The zero-order chi connectivity index (χ0) is 16.0. The highest BCUT2D eigenvalue weighted by Crippen LogP contribution is 2.34. The summed E-state index contributed by atoms with van der Waals surface area (Å²) in [4.78, 5) is 15.9. The Labute approximate surface area is 137 Å². The van der Waals surface area contributed by atoms with Crippen molar-refractivity contribution in [2.24, 2.45) is 0 Å². The highest BCUT2D eigenvalue weighted by molar-refractivity contribution is 6.31. The molecular weight excluding hydrogens is 316 g/mol. The molecule has 0 radical (unpaired) electrons. The number of nitrogens with one attached hydrogen (secondary N) is 2. The van der Waals surface area contributed by atoms with E-state index >= 15 is 0 Å². The maximum absolute atomic E-state index is 12.7. The monoisotopic (exact) mass is 328 g/mol. The summed E-state index contributed by atoms with van der Waals surface area (Å²) < 4.78 is 10.6. The van der Waals surface area contributed by atoms with Crippen LogP contribution in [0.4, 0.5) is 5.69 Å². The number of anilines is 1. The molecule has 0 unspecified atom stereocenters. The van der Waals surface area contributed by atoms with Gasteiger partial charge in [-0.1, -0.05) is 11.6 Å². The van der Waals surface area contributed by atoms with Crippen LogP contribution in [0.5, 0.6) is 11.5 Å². The van der Waals surface area contributed by atoms with Crippen molar-refractivity contribution in [3.8, 4) is 11.5 Å². The molecule has 1 amide bonds. The van der Waals surface area contributed by atoms with Gasteiger partial charge in [-0.25, -0.2) is 0 Å². The van der Waals surface area contributed by atoms with Crippen LogP contribution < -0.4 is 14.8 Å². The first-order chi connectivity index (χ1) is 11.1. The number of carbonyl (C=O) groups is 1. The number of hydrogen-bond donors (Lipinski definition) is 2. The number of ether oxygens (including phenoxy) is 2. The molecule has 2 aromatic carbocycles. The minimum absolute atomic E-state index is 0.199. The fraction of sp³-hybridized carbons (Fsp3) is 0.118. The Balaban J connectivity index is 1.69. The molecule has 2 heterocycles. The minimum atomic E-state index is -0.199. The number of aromatic amines is 1. The summed E-state index contributed by atoms with van der Waals surface area (Å²) >= 11 is 6.05. The molecule has 1 aliphatic heterocycles. The third-order valence-electron chi connectivity index (χ3n) is 3.81. The van der Waals surface area contributed by atoms with E-state index in [1.807, 2.05) is 13.0 Å². The van der Waals surface area contributed by atoms with E-state index < -0.39 is 0 Å². The number of H-pyrrole nitrogens is 1. The number of hydrogen-bond acceptors (Lipinski definition) is 3. The molecule has 6 heteroatoms. The molecule has 116 valence electrons. The number of rotatable bonds is 2. The van der Waals surface area contributed by atoms with Crippen LogP contribution in [-0.2, 0) is 0 Å². The van der Waals surface area contributed by atoms with Crippen molar-refractivity contribution in [3.63, 3.8) is 0 Å². The largest absolute Gasteiger partial charge is 0.454 e. The van der Waals surface area contributed by atoms with Gasteiger partial charge in [0.2, 0.25) is 6.79 Å². The third kappa shape index (κ3) is 2.39. The van der Waals surface area contributed by atoms with Crippen LogP contribution in [0.1, 0.15) is 16.1 Å². The number of amides is 1. The van der Waals surface area contributed by atoms with Crippen LogP contribution >= 0.6 is 11.6 Å². The Hall–Kier alpha value is -2.66. The summed E-state index contributed by atoms with van der Waals surface area (Å²) in [6.45, 7) is 2.06. The van der Waals surface area contributed by atoms with E-state index in [0.717, 1.165) is 16.6 Å². The molecule has 0 fully saturated rings. The normalized spacial score (nSPS) is 12.6. The molecule has 1 aliphatic rings. The van der Waals surface area contributed by atoms with Gasteiger partial charge in [0.25, 0.3) is 5.91 Å². The van der Waals surface area contributed by atoms with Crippen LogP contribution in [0.25, 0.3) is 10.9 Å². The van der Waals surface area contributed by atoms with E-state index in [9.17, 15) is 4.79 Å². The van der Waals surface area contributed by atoms with E-state index in [1.165, 1.54) is 0 Å². The first-order valence-corrected chi connectivity index (χ1v) is 7.48. The molecule has 0 aliphatic carbocycles. The summed E-state index contributed by atoms with van der Waals surface area (Å²) in [7, 11) is 0. The Morgan fingerprint density at radius 2 is 2.00 bits per heavy atom. The molecule has 0 saturated heterocycles. The van der Waals surface area contributed by atoms with Gasteiger partial charge in [0, 0.05) is 33.4 Å². The molecule has 2 N–H and O–H groups in total. The predicted octanol–water partition coefficient (Wildman–Crippen LogP) is 4.11. The Morgan fingerprint density at radius 3 is 2.87 bits per heavy atom. The van der Waals surface area contributed by atoms with Crippen molar-refractivity contribution in [2.45, 2.75) is 6.92 Å². The van der Waals surface area contributed by atoms with E-state index in [4.69, 9.17) is 21.1 Å². The number of fused-ring (bicyclic) bond motifs is 2. The predicted molar refractivity (Wildman–Crippen MR) is 88.6 cm³/mol. The van der Waals surface area contributed by atoms with Gasteiger partial charge < -0.3 is 19.8 Å². The van der Waals surface area contributed by atoms with Crippen molar-refractivity contribution in [1.29, 1.82) is 0 Å². The molecule has 0 atom stereocenters. The average Bonchev–Trinajstić information content (AvgIpc) is 3.09. The van der Waals surface area contributed by atoms with Crippen LogP contribution in [0.2, 0.25) is 5.02 Å². The number of carbonyl (C=O) groups excluding carboxylic acids is 1. The van der Waals surface area contributed by atoms with E-state index in [2.05, 4.69) is 10.3 Å². The zero-order valence-electron chi connectivity index (χ0n) is 12.3. The maximum Gasteiger partial charge on any atom is 0.258 e. The summed E-state index contributed by atoms with van der Waals surface area (Å²) in [5, 5.41) is 4.28. The molecule has 0 spiro atoms. The highest BCUT2D eigenvalue weighted by Gasteiger charge is 2.18. The van der Waals surface area contributed by atoms with E-state index in [1.54, 1.807) is 30.3 Å². The number of benzene rings is 2. The molecule has 0 saturated carbocycles. The SMILES string of the molecule is Cc1[nH]c2ccc(Cl)cc2c1C(=O)Nc1ccc2c(c1)OCO2.